The van der Waals surface area contributed by atoms with E-state index in [1.54, 1.807) is 0 Å². The maximum absolute atomic E-state index is 8.90. The van der Waals surface area contributed by atoms with Crippen LogP contribution < -0.4 is 0 Å². The summed E-state index contributed by atoms with van der Waals surface area (Å²) in [4.78, 5) is 2.38. The molecule has 1 N–H and O–H groups in total. The number of aliphatic hydroxyl groups excluding tert-OH is 1. The van der Waals surface area contributed by atoms with E-state index in [4.69, 9.17) is 5.11 Å². The quantitative estimate of drug-likeness (QED) is 0.599. The second kappa shape index (κ2) is 3.80. The fraction of sp³-hybridized carbons (Fsp3) is 1.00. The standard InChI is InChI=1S/C9H20BNO/c1-9(2)7-11(10)5-3-8(9)4-6-12/h8,12H,3-7,10H2,1-2H3. The van der Waals surface area contributed by atoms with E-state index >= 15 is 0 Å². The minimum Gasteiger partial charge on any atom is -0.396 e. The van der Waals surface area contributed by atoms with Crippen molar-refractivity contribution in [3.8, 4) is 0 Å². The molecule has 12 heavy (non-hydrogen) atoms. The fourth-order valence-corrected chi connectivity index (χ4v) is 2.36. The van der Waals surface area contributed by atoms with Crippen molar-refractivity contribution in [3.63, 3.8) is 0 Å². The average Bonchev–Trinajstić information content (AvgIpc) is 1.94. The van der Waals surface area contributed by atoms with Crippen molar-refractivity contribution in [2.75, 3.05) is 19.7 Å². The Hall–Kier alpha value is -0.0151. The first-order valence-corrected chi connectivity index (χ1v) is 4.85. The normalized spacial score (nSPS) is 30.4. The van der Waals surface area contributed by atoms with Crippen molar-refractivity contribution >= 4 is 7.98 Å². The molecule has 70 valence electrons. The molecular weight excluding hydrogens is 149 g/mol. The molecule has 2 nitrogen and oxygen atoms in total. The van der Waals surface area contributed by atoms with Crippen molar-refractivity contribution in [1.29, 1.82) is 0 Å². The van der Waals surface area contributed by atoms with Crippen LogP contribution in [0.15, 0.2) is 0 Å². The van der Waals surface area contributed by atoms with Crippen LogP contribution in [0, 0.1) is 11.3 Å². The molecule has 1 unspecified atom stereocenters. The number of aliphatic hydroxyl groups is 1. The summed E-state index contributed by atoms with van der Waals surface area (Å²) in [5.41, 5.74) is 0.385. The topological polar surface area (TPSA) is 23.5 Å². The SMILES string of the molecule is BN1CCC(CCO)C(C)(C)C1. The first-order chi connectivity index (χ1) is 5.56. The van der Waals surface area contributed by atoms with Crippen LogP contribution in [0.25, 0.3) is 0 Å². The lowest BCUT2D eigenvalue weighted by Gasteiger charge is -2.43. The van der Waals surface area contributed by atoms with E-state index in [0.717, 1.165) is 13.0 Å². The van der Waals surface area contributed by atoms with E-state index < -0.39 is 0 Å². The second-order valence-electron chi connectivity index (χ2n) is 4.72. The van der Waals surface area contributed by atoms with Gasteiger partial charge >= 0.3 is 0 Å². The largest absolute Gasteiger partial charge is 0.396 e. The highest BCUT2D eigenvalue weighted by Gasteiger charge is 2.33. The van der Waals surface area contributed by atoms with Crippen molar-refractivity contribution in [2.45, 2.75) is 26.7 Å². The molecular formula is C9H20BNO. The van der Waals surface area contributed by atoms with E-state index in [1.165, 1.54) is 13.0 Å². The molecule has 0 saturated carbocycles. The molecule has 1 fully saturated rings. The molecule has 1 saturated heterocycles. The Morgan fingerprint density at radius 2 is 2.25 bits per heavy atom. The molecule has 0 aromatic rings. The number of hydrogen-bond acceptors (Lipinski definition) is 2. The van der Waals surface area contributed by atoms with E-state index in [2.05, 4.69) is 26.6 Å². The van der Waals surface area contributed by atoms with E-state index in [1.807, 2.05) is 0 Å². The lowest BCUT2D eigenvalue weighted by Crippen LogP contribution is -2.44. The molecule has 1 aliphatic heterocycles. The van der Waals surface area contributed by atoms with Gasteiger partial charge in [-0.15, -0.1) is 0 Å². The Morgan fingerprint density at radius 1 is 1.58 bits per heavy atom. The zero-order valence-corrected chi connectivity index (χ0v) is 8.51. The lowest BCUT2D eigenvalue weighted by molar-refractivity contribution is 0.0814. The summed E-state index contributed by atoms with van der Waals surface area (Å²) in [6.45, 7) is 7.32. The van der Waals surface area contributed by atoms with Crippen molar-refractivity contribution < 1.29 is 5.11 Å². The third kappa shape index (κ3) is 2.24. The van der Waals surface area contributed by atoms with Gasteiger partial charge in [-0.05, 0) is 37.3 Å². The van der Waals surface area contributed by atoms with Gasteiger partial charge in [-0.25, -0.2) is 0 Å². The maximum atomic E-state index is 8.90. The fourth-order valence-electron chi connectivity index (χ4n) is 2.36. The van der Waals surface area contributed by atoms with Gasteiger partial charge in [0.2, 0.25) is 0 Å². The minimum absolute atomic E-state index is 0.345. The smallest absolute Gasteiger partial charge is 0.185 e. The van der Waals surface area contributed by atoms with Crippen LogP contribution in [0.4, 0.5) is 0 Å². The Balaban J connectivity index is 2.51. The van der Waals surface area contributed by atoms with Crippen LogP contribution in [0.1, 0.15) is 26.7 Å². The van der Waals surface area contributed by atoms with Crippen molar-refractivity contribution in [2.24, 2.45) is 11.3 Å². The third-order valence-corrected chi connectivity index (χ3v) is 3.12. The van der Waals surface area contributed by atoms with Gasteiger partial charge < -0.3 is 9.92 Å². The third-order valence-electron chi connectivity index (χ3n) is 3.12. The van der Waals surface area contributed by atoms with Crippen LogP contribution >= 0.6 is 0 Å². The summed E-state index contributed by atoms with van der Waals surface area (Å²) in [5.74, 6) is 0.707. The molecule has 0 aromatic carbocycles. The lowest BCUT2D eigenvalue weighted by atomic mass is 9.72. The van der Waals surface area contributed by atoms with Gasteiger partial charge in [0.15, 0.2) is 7.98 Å². The monoisotopic (exact) mass is 169 g/mol. The average molecular weight is 169 g/mol. The number of piperidine rings is 1. The van der Waals surface area contributed by atoms with E-state index in [0.29, 0.717) is 17.9 Å². The summed E-state index contributed by atoms with van der Waals surface area (Å²) in [6.07, 6.45) is 2.21. The van der Waals surface area contributed by atoms with Crippen LogP contribution in [-0.4, -0.2) is 37.6 Å². The van der Waals surface area contributed by atoms with Crippen LogP contribution in [-0.2, 0) is 0 Å². The van der Waals surface area contributed by atoms with Gasteiger partial charge in [-0.2, -0.15) is 0 Å². The summed E-state index contributed by atoms with van der Waals surface area (Å²) in [6, 6.07) is 0. The predicted octanol–water partition coefficient (Wildman–Crippen LogP) is 0.265. The van der Waals surface area contributed by atoms with Crippen LogP contribution in [0.5, 0.6) is 0 Å². The number of rotatable bonds is 2. The van der Waals surface area contributed by atoms with Gasteiger partial charge in [0.05, 0.1) is 0 Å². The summed E-state index contributed by atoms with van der Waals surface area (Å²) in [7, 11) is 2.18. The summed E-state index contributed by atoms with van der Waals surface area (Å²) < 4.78 is 0. The molecule has 1 heterocycles. The summed E-state index contributed by atoms with van der Waals surface area (Å²) in [5, 5.41) is 8.90. The molecule has 1 aliphatic rings. The van der Waals surface area contributed by atoms with Crippen LogP contribution in [0.3, 0.4) is 0 Å². The van der Waals surface area contributed by atoms with Gasteiger partial charge in [-0.1, -0.05) is 13.8 Å². The highest BCUT2D eigenvalue weighted by Crippen LogP contribution is 2.35. The van der Waals surface area contributed by atoms with Crippen molar-refractivity contribution in [1.82, 2.24) is 4.81 Å². The summed E-state index contributed by atoms with van der Waals surface area (Å²) >= 11 is 0. The molecule has 1 atom stereocenters. The number of hydrogen-bond donors (Lipinski definition) is 1. The highest BCUT2D eigenvalue weighted by molar-refractivity contribution is 6.04. The molecule has 0 aromatic heterocycles. The Labute approximate surface area is 76.4 Å². The molecule has 0 amide bonds. The van der Waals surface area contributed by atoms with Gasteiger partial charge in [0.1, 0.15) is 0 Å². The highest BCUT2D eigenvalue weighted by atomic mass is 16.3. The van der Waals surface area contributed by atoms with Gasteiger partial charge in [0.25, 0.3) is 0 Å². The Morgan fingerprint density at radius 3 is 2.75 bits per heavy atom. The number of nitrogens with zero attached hydrogens (tertiary/aromatic N) is 1. The molecule has 0 aliphatic carbocycles. The second-order valence-corrected chi connectivity index (χ2v) is 4.72. The zero-order chi connectivity index (χ0) is 9.19. The van der Waals surface area contributed by atoms with Gasteiger partial charge in [0, 0.05) is 6.61 Å². The molecule has 0 bridgehead atoms. The Kier molecular flexibility index (Phi) is 3.19. The molecule has 1 rings (SSSR count). The molecule has 0 spiro atoms. The maximum Gasteiger partial charge on any atom is 0.185 e. The van der Waals surface area contributed by atoms with Crippen LogP contribution in [0.2, 0.25) is 0 Å². The predicted molar refractivity (Wildman–Crippen MR) is 53.7 cm³/mol. The minimum atomic E-state index is 0.345. The first kappa shape index (κ1) is 10.1. The molecule has 0 radical (unpaired) electrons. The molecule has 3 heteroatoms. The van der Waals surface area contributed by atoms with Gasteiger partial charge in [-0.3, -0.25) is 0 Å². The van der Waals surface area contributed by atoms with E-state index in [-0.39, 0.29) is 0 Å². The van der Waals surface area contributed by atoms with Crippen molar-refractivity contribution in [3.05, 3.63) is 0 Å². The first-order valence-electron chi connectivity index (χ1n) is 4.85. The zero-order valence-electron chi connectivity index (χ0n) is 8.51. The Bertz CT molecular complexity index is 149. The van der Waals surface area contributed by atoms with E-state index in [9.17, 15) is 0 Å².